The van der Waals surface area contributed by atoms with Gasteiger partial charge in [-0.1, -0.05) is 41.9 Å². The van der Waals surface area contributed by atoms with E-state index in [1.54, 1.807) is 55.5 Å². The number of rotatable bonds is 6. The van der Waals surface area contributed by atoms with E-state index in [2.05, 4.69) is 10.5 Å². The molecule has 0 aliphatic rings. The lowest BCUT2D eigenvalue weighted by molar-refractivity contribution is -0.119. The predicted molar refractivity (Wildman–Crippen MR) is 101 cm³/mol. The van der Waals surface area contributed by atoms with Crippen molar-refractivity contribution in [1.29, 1.82) is 0 Å². The SMILES string of the molecule is Cc1ccccc1N(CC(=O)N/N=C\c1cccc(Cl)c1)S(C)(=O)=O. The van der Waals surface area contributed by atoms with Gasteiger partial charge in [0, 0.05) is 5.02 Å². The molecular formula is C17H18ClN3O3S. The first-order valence-electron chi connectivity index (χ1n) is 7.38. The number of sulfonamides is 1. The second kappa shape index (κ2) is 8.13. The average Bonchev–Trinajstić information content (AvgIpc) is 2.52. The molecule has 0 saturated heterocycles. The first kappa shape index (κ1) is 19.0. The highest BCUT2D eigenvalue weighted by Crippen LogP contribution is 2.21. The molecular weight excluding hydrogens is 362 g/mol. The zero-order chi connectivity index (χ0) is 18.4. The molecule has 8 heteroatoms. The third kappa shape index (κ3) is 5.58. The van der Waals surface area contributed by atoms with Crippen LogP contribution in [0.4, 0.5) is 5.69 Å². The summed E-state index contributed by atoms with van der Waals surface area (Å²) in [5.74, 6) is -0.549. The second-order valence-electron chi connectivity index (χ2n) is 5.40. The van der Waals surface area contributed by atoms with Crippen LogP contribution in [0.5, 0.6) is 0 Å². The molecule has 6 nitrogen and oxygen atoms in total. The van der Waals surface area contributed by atoms with Crippen molar-refractivity contribution in [3.63, 3.8) is 0 Å². The van der Waals surface area contributed by atoms with Gasteiger partial charge in [-0.15, -0.1) is 0 Å². The summed E-state index contributed by atoms with van der Waals surface area (Å²) >= 11 is 5.87. The van der Waals surface area contributed by atoms with Crippen LogP contribution < -0.4 is 9.73 Å². The third-order valence-corrected chi connectivity index (χ3v) is 4.68. The fourth-order valence-corrected chi connectivity index (χ4v) is 3.27. The zero-order valence-corrected chi connectivity index (χ0v) is 15.4. The van der Waals surface area contributed by atoms with E-state index in [-0.39, 0.29) is 6.54 Å². The monoisotopic (exact) mass is 379 g/mol. The van der Waals surface area contributed by atoms with E-state index in [0.717, 1.165) is 16.1 Å². The molecule has 0 radical (unpaired) electrons. The average molecular weight is 380 g/mol. The van der Waals surface area contributed by atoms with Crippen molar-refractivity contribution in [1.82, 2.24) is 5.43 Å². The Morgan fingerprint density at radius 2 is 1.96 bits per heavy atom. The Balaban J connectivity index is 2.09. The van der Waals surface area contributed by atoms with Crippen LogP contribution in [0.2, 0.25) is 5.02 Å². The minimum atomic E-state index is -3.62. The number of amides is 1. The van der Waals surface area contributed by atoms with Gasteiger partial charge in [0.25, 0.3) is 5.91 Å². The van der Waals surface area contributed by atoms with E-state index >= 15 is 0 Å². The van der Waals surface area contributed by atoms with Crippen molar-refractivity contribution >= 4 is 39.4 Å². The summed E-state index contributed by atoms with van der Waals surface area (Å²) in [4.78, 5) is 12.1. The molecule has 0 atom stereocenters. The molecule has 0 saturated carbocycles. The molecule has 2 aromatic rings. The summed E-state index contributed by atoms with van der Waals surface area (Å²) in [7, 11) is -3.62. The number of hydrogen-bond donors (Lipinski definition) is 1. The van der Waals surface area contributed by atoms with E-state index in [0.29, 0.717) is 16.3 Å². The molecule has 2 aromatic carbocycles. The highest BCUT2D eigenvalue weighted by Gasteiger charge is 2.21. The Hall–Kier alpha value is -2.38. The van der Waals surface area contributed by atoms with Gasteiger partial charge in [0.05, 0.1) is 18.2 Å². The largest absolute Gasteiger partial charge is 0.271 e. The fourth-order valence-electron chi connectivity index (χ4n) is 2.16. The van der Waals surface area contributed by atoms with E-state index in [1.165, 1.54) is 6.21 Å². The summed E-state index contributed by atoms with van der Waals surface area (Å²) < 4.78 is 25.1. The fraction of sp³-hybridized carbons (Fsp3) is 0.176. The van der Waals surface area contributed by atoms with E-state index in [1.807, 2.05) is 0 Å². The lowest BCUT2D eigenvalue weighted by atomic mass is 10.2. The van der Waals surface area contributed by atoms with Crippen LogP contribution >= 0.6 is 11.6 Å². The molecule has 2 rings (SSSR count). The Kier molecular flexibility index (Phi) is 6.17. The Morgan fingerprint density at radius 3 is 2.60 bits per heavy atom. The predicted octanol–water partition coefficient (Wildman–Crippen LogP) is 2.56. The van der Waals surface area contributed by atoms with E-state index in [4.69, 9.17) is 11.6 Å². The van der Waals surface area contributed by atoms with Gasteiger partial charge < -0.3 is 0 Å². The van der Waals surface area contributed by atoms with Crippen LogP contribution in [0.1, 0.15) is 11.1 Å². The number of halogens is 1. The Morgan fingerprint density at radius 1 is 1.24 bits per heavy atom. The summed E-state index contributed by atoms with van der Waals surface area (Å²) in [5.41, 5.74) is 4.25. The molecule has 0 aromatic heterocycles. The molecule has 0 spiro atoms. The van der Waals surface area contributed by atoms with E-state index in [9.17, 15) is 13.2 Å². The molecule has 0 aliphatic heterocycles. The second-order valence-corrected chi connectivity index (χ2v) is 7.75. The summed E-state index contributed by atoms with van der Waals surface area (Å²) in [6, 6.07) is 13.9. The number of benzene rings is 2. The highest BCUT2D eigenvalue weighted by atomic mass is 35.5. The summed E-state index contributed by atoms with van der Waals surface area (Å²) in [6.45, 7) is 1.42. The smallest absolute Gasteiger partial charge is 0.260 e. The normalized spacial score (nSPS) is 11.5. The lowest BCUT2D eigenvalue weighted by Gasteiger charge is -2.23. The maximum absolute atomic E-state index is 12.1. The number of nitrogens with one attached hydrogen (secondary N) is 1. The van der Waals surface area contributed by atoms with Gasteiger partial charge in [-0.05, 0) is 36.2 Å². The number of nitrogens with zero attached hydrogens (tertiary/aromatic N) is 2. The van der Waals surface area contributed by atoms with Crippen molar-refractivity contribution in [3.05, 3.63) is 64.7 Å². The molecule has 1 N–H and O–H groups in total. The number of carbonyl (C=O) groups excluding carboxylic acids is 1. The van der Waals surface area contributed by atoms with Gasteiger partial charge in [-0.2, -0.15) is 5.10 Å². The molecule has 0 aliphatic carbocycles. The standard InChI is InChI=1S/C17H18ClN3O3S/c1-13-6-3-4-9-16(13)21(25(2,23)24)12-17(22)20-19-11-14-7-5-8-15(18)10-14/h3-11H,12H2,1-2H3,(H,20,22)/b19-11-. The van der Waals surface area contributed by atoms with Crippen molar-refractivity contribution in [2.24, 2.45) is 5.10 Å². The number of hydrogen-bond acceptors (Lipinski definition) is 4. The first-order chi connectivity index (χ1) is 11.8. The minimum absolute atomic E-state index is 0.365. The van der Waals surface area contributed by atoms with Crippen LogP contribution in [-0.2, 0) is 14.8 Å². The maximum atomic E-state index is 12.1. The Labute approximate surface area is 152 Å². The van der Waals surface area contributed by atoms with Gasteiger partial charge in [0.15, 0.2) is 0 Å². The van der Waals surface area contributed by atoms with Crippen LogP contribution in [0.3, 0.4) is 0 Å². The molecule has 0 unspecified atom stereocenters. The van der Waals surface area contributed by atoms with Crippen LogP contribution in [0.25, 0.3) is 0 Å². The number of carbonyl (C=O) groups is 1. The zero-order valence-electron chi connectivity index (χ0n) is 13.8. The van der Waals surface area contributed by atoms with Crippen molar-refractivity contribution < 1.29 is 13.2 Å². The number of aryl methyl sites for hydroxylation is 1. The van der Waals surface area contributed by atoms with Gasteiger partial charge in [0.2, 0.25) is 10.0 Å². The number of para-hydroxylation sites is 1. The topological polar surface area (TPSA) is 78.8 Å². The first-order valence-corrected chi connectivity index (χ1v) is 9.61. The highest BCUT2D eigenvalue weighted by molar-refractivity contribution is 7.92. The lowest BCUT2D eigenvalue weighted by Crippen LogP contribution is -2.39. The van der Waals surface area contributed by atoms with Gasteiger partial charge in [-0.3, -0.25) is 9.10 Å². The van der Waals surface area contributed by atoms with Crippen molar-refractivity contribution in [2.75, 3.05) is 17.1 Å². The Bertz CT molecular complexity index is 898. The van der Waals surface area contributed by atoms with Crippen molar-refractivity contribution in [3.8, 4) is 0 Å². The molecule has 1 amide bonds. The van der Waals surface area contributed by atoms with Crippen LogP contribution in [-0.4, -0.2) is 33.3 Å². The third-order valence-electron chi connectivity index (χ3n) is 3.32. The van der Waals surface area contributed by atoms with Gasteiger partial charge in [-0.25, -0.2) is 13.8 Å². The molecule has 0 fully saturated rings. The van der Waals surface area contributed by atoms with Crippen LogP contribution in [0.15, 0.2) is 53.6 Å². The molecule has 25 heavy (non-hydrogen) atoms. The summed E-state index contributed by atoms with van der Waals surface area (Å²) in [5, 5.41) is 4.38. The van der Waals surface area contributed by atoms with Crippen molar-refractivity contribution in [2.45, 2.75) is 6.92 Å². The number of anilines is 1. The number of hydrazone groups is 1. The van der Waals surface area contributed by atoms with Gasteiger partial charge in [0.1, 0.15) is 6.54 Å². The maximum Gasteiger partial charge on any atom is 0.260 e. The molecule has 132 valence electrons. The van der Waals surface area contributed by atoms with Crippen LogP contribution in [0, 0.1) is 6.92 Å². The van der Waals surface area contributed by atoms with E-state index < -0.39 is 15.9 Å². The molecule has 0 bridgehead atoms. The molecule has 0 heterocycles. The minimum Gasteiger partial charge on any atom is -0.271 e. The quantitative estimate of drug-likeness (QED) is 0.618. The summed E-state index contributed by atoms with van der Waals surface area (Å²) in [6.07, 6.45) is 2.49. The van der Waals surface area contributed by atoms with Gasteiger partial charge >= 0.3 is 0 Å².